The molecule has 0 saturated carbocycles. The summed E-state index contributed by atoms with van der Waals surface area (Å²) in [5, 5.41) is 3.19. The van der Waals surface area contributed by atoms with Gasteiger partial charge in [-0.25, -0.2) is 4.39 Å². The maximum atomic E-state index is 14.0. The van der Waals surface area contributed by atoms with Gasteiger partial charge in [-0.15, -0.1) is 0 Å². The summed E-state index contributed by atoms with van der Waals surface area (Å²) in [7, 11) is 1.85. The van der Waals surface area contributed by atoms with Gasteiger partial charge in [0.1, 0.15) is 5.82 Å². The Hall–Kier alpha value is -0.940. The first-order valence-electron chi connectivity index (χ1n) is 5.80. The van der Waals surface area contributed by atoms with Crippen LogP contribution in [-0.4, -0.2) is 7.05 Å². The van der Waals surface area contributed by atoms with Crippen molar-refractivity contribution in [2.24, 2.45) is 0 Å². The normalized spacial score (nSPS) is 12.4. The van der Waals surface area contributed by atoms with Crippen LogP contribution in [0, 0.1) is 16.3 Å². The number of hydrogen-bond donors (Lipinski definition) is 1. The maximum absolute atomic E-state index is 14.0. The van der Waals surface area contributed by atoms with Gasteiger partial charge >= 0.3 is 0 Å². The van der Waals surface area contributed by atoms with Crippen LogP contribution < -0.4 is 5.32 Å². The lowest BCUT2D eigenvalue weighted by Gasteiger charge is -2.18. The Morgan fingerprint density at radius 1 is 1.17 bits per heavy atom. The second-order valence-electron chi connectivity index (χ2n) is 4.30. The zero-order chi connectivity index (χ0) is 13.1. The SMILES string of the molecule is CNC(c1cccc(I)c1)c1cc(C)ccc1F. The van der Waals surface area contributed by atoms with E-state index < -0.39 is 0 Å². The van der Waals surface area contributed by atoms with E-state index in [0.717, 1.165) is 14.7 Å². The van der Waals surface area contributed by atoms with Crippen molar-refractivity contribution >= 4 is 22.6 Å². The van der Waals surface area contributed by atoms with Crippen LogP contribution in [0.4, 0.5) is 4.39 Å². The largest absolute Gasteiger partial charge is 0.309 e. The van der Waals surface area contributed by atoms with E-state index in [4.69, 9.17) is 0 Å². The first-order chi connectivity index (χ1) is 8.61. The van der Waals surface area contributed by atoms with E-state index in [1.165, 1.54) is 6.07 Å². The molecule has 0 aliphatic heterocycles. The summed E-state index contributed by atoms with van der Waals surface area (Å²) in [5.74, 6) is -0.168. The molecule has 0 radical (unpaired) electrons. The Morgan fingerprint density at radius 3 is 2.61 bits per heavy atom. The van der Waals surface area contributed by atoms with Crippen LogP contribution in [0.15, 0.2) is 42.5 Å². The molecule has 2 aromatic carbocycles. The van der Waals surface area contributed by atoms with Gasteiger partial charge in [-0.05, 0) is 60.3 Å². The van der Waals surface area contributed by atoms with Crippen molar-refractivity contribution in [3.63, 3.8) is 0 Å². The van der Waals surface area contributed by atoms with Gasteiger partial charge in [0.25, 0.3) is 0 Å². The van der Waals surface area contributed by atoms with E-state index in [9.17, 15) is 4.39 Å². The average Bonchev–Trinajstić information content (AvgIpc) is 2.35. The third-order valence-electron chi connectivity index (χ3n) is 2.93. The second kappa shape index (κ2) is 5.80. The van der Waals surface area contributed by atoms with Crippen molar-refractivity contribution in [1.82, 2.24) is 5.32 Å². The molecule has 1 atom stereocenters. The molecule has 0 saturated heterocycles. The molecule has 0 bridgehead atoms. The van der Waals surface area contributed by atoms with Crippen LogP contribution in [0.3, 0.4) is 0 Å². The predicted molar refractivity (Wildman–Crippen MR) is 81.2 cm³/mol. The molecule has 0 aliphatic carbocycles. The van der Waals surface area contributed by atoms with Gasteiger partial charge in [0.05, 0.1) is 6.04 Å². The molecule has 18 heavy (non-hydrogen) atoms. The fraction of sp³-hybridized carbons (Fsp3) is 0.200. The minimum Gasteiger partial charge on any atom is -0.309 e. The Labute approximate surface area is 121 Å². The smallest absolute Gasteiger partial charge is 0.128 e. The molecule has 0 spiro atoms. The highest BCUT2D eigenvalue weighted by Gasteiger charge is 2.16. The maximum Gasteiger partial charge on any atom is 0.128 e. The molecule has 0 heterocycles. The summed E-state index contributed by atoms with van der Waals surface area (Å²) in [4.78, 5) is 0. The van der Waals surface area contributed by atoms with Crippen LogP contribution in [0.25, 0.3) is 0 Å². The number of nitrogens with one attached hydrogen (secondary N) is 1. The quantitative estimate of drug-likeness (QED) is 0.820. The number of hydrogen-bond acceptors (Lipinski definition) is 1. The molecule has 0 fully saturated rings. The first-order valence-corrected chi connectivity index (χ1v) is 6.88. The summed E-state index contributed by atoms with van der Waals surface area (Å²) in [6.07, 6.45) is 0. The number of aryl methyl sites for hydroxylation is 1. The molecule has 2 rings (SSSR count). The zero-order valence-electron chi connectivity index (χ0n) is 10.4. The van der Waals surface area contributed by atoms with Gasteiger partial charge in [0.2, 0.25) is 0 Å². The molecule has 94 valence electrons. The number of rotatable bonds is 3. The van der Waals surface area contributed by atoms with E-state index in [2.05, 4.69) is 34.0 Å². The topological polar surface area (TPSA) is 12.0 Å². The number of benzene rings is 2. The first kappa shape index (κ1) is 13.5. The van der Waals surface area contributed by atoms with Gasteiger partial charge in [-0.2, -0.15) is 0 Å². The van der Waals surface area contributed by atoms with Gasteiger partial charge < -0.3 is 5.32 Å². The van der Waals surface area contributed by atoms with Crippen LogP contribution in [0.5, 0.6) is 0 Å². The van der Waals surface area contributed by atoms with Crippen LogP contribution in [0.2, 0.25) is 0 Å². The predicted octanol–water partition coefficient (Wildman–Crippen LogP) is 4.05. The van der Waals surface area contributed by atoms with Gasteiger partial charge in [0.15, 0.2) is 0 Å². The lowest BCUT2D eigenvalue weighted by molar-refractivity contribution is 0.575. The highest BCUT2D eigenvalue weighted by molar-refractivity contribution is 14.1. The molecular weight excluding hydrogens is 340 g/mol. The van der Waals surface area contributed by atoms with Crippen molar-refractivity contribution in [1.29, 1.82) is 0 Å². The van der Waals surface area contributed by atoms with E-state index in [1.54, 1.807) is 6.07 Å². The van der Waals surface area contributed by atoms with Crippen molar-refractivity contribution in [3.05, 3.63) is 68.5 Å². The molecule has 1 nitrogen and oxygen atoms in total. The van der Waals surface area contributed by atoms with Crippen molar-refractivity contribution < 1.29 is 4.39 Å². The Kier molecular flexibility index (Phi) is 4.35. The molecule has 0 amide bonds. The molecule has 0 aliphatic rings. The second-order valence-corrected chi connectivity index (χ2v) is 5.55. The fourth-order valence-corrected chi connectivity index (χ4v) is 2.64. The summed E-state index contributed by atoms with van der Waals surface area (Å²) >= 11 is 2.27. The molecule has 1 N–H and O–H groups in total. The van der Waals surface area contributed by atoms with Crippen LogP contribution in [0.1, 0.15) is 22.7 Å². The third kappa shape index (κ3) is 2.90. The van der Waals surface area contributed by atoms with E-state index in [0.29, 0.717) is 5.56 Å². The zero-order valence-corrected chi connectivity index (χ0v) is 12.5. The Balaban J connectivity index is 2.48. The summed E-state index contributed by atoms with van der Waals surface area (Å²) in [5.41, 5.74) is 2.84. The summed E-state index contributed by atoms with van der Waals surface area (Å²) in [6, 6.07) is 13.2. The van der Waals surface area contributed by atoms with E-state index in [1.807, 2.05) is 38.2 Å². The Bertz CT molecular complexity index is 554. The summed E-state index contributed by atoms with van der Waals surface area (Å²) < 4.78 is 15.1. The standard InChI is InChI=1S/C15H15FIN/c1-10-6-7-14(16)13(8-10)15(18-2)11-4-3-5-12(17)9-11/h3-9,15,18H,1-2H3. The van der Waals surface area contributed by atoms with Gasteiger partial charge in [-0.3, -0.25) is 0 Å². The average molecular weight is 355 g/mol. The molecule has 3 heteroatoms. The minimum absolute atomic E-state index is 0.111. The minimum atomic E-state index is -0.168. The van der Waals surface area contributed by atoms with E-state index in [-0.39, 0.29) is 11.9 Å². The monoisotopic (exact) mass is 355 g/mol. The van der Waals surface area contributed by atoms with Crippen molar-refractivity contribution in [2.45, 2.75) is 13.0 Å². The van der Waals surface area contributed by atoms with Crippen LogP contribution in [-0.2, 0) is 0 Å². The molecule has 2 aromatic rings. The van der Waals surface area contributed by atoms with E-state index >= 15 is 0 Å². The lowest BCUT2D eigenvalue weighted by atomic mass is 9.97. The third-order valence-corrected chi connectivity index (χ3v) is 3.60. The Morgan fingerprint density at radius 2 is 1.94 bits per heavy atom. The highest BCUT2D eigenvalue weighted by atomic mass is 127. The number of halogens is 2. The van der Waals surface area contributed by atoms with Gasteiger partial charge in [0, 0.05) is 9.13 Å². The molecular formula is C15H15FIN. The van der Waals surface area contributed by atoms with Crippen molar-refractivity contribution in [2.75, 3.05) is 7.05 Å². The summed E-state index contributed by atoms with van der Waals surface area (Å²) in [6.45, 7) is 1.98. The van der Waals surface area contributed by atoms with Crippen LogP contribution >= 0.6 is 22.6 Å². The fourth-order valence-electron chi connectivity index (χ4n) is 2.07. The molecule has 0 aromatic heterocycles. The lowest BCUT2D eigenvalue weighted by Crippen LogP contribution is -2.19. The molecule has 1 unspecified atom stereocenters. The van der Waals surface area contributed by atoms with Crippen molar-refractivity contribution in [3.8, 4) is 0 Å². The van der Waals surface area contributed by atoms with Gasteiger partial charge in [-0.1, -0.05) is 29.8 Å². The highest BCUT2D eigenvalue weighted by Crippen LogP contribution is 2.26.